The van der Waals surface area contributed by atoms with Crippen molar-refractivity contribution < 1.29 is 4.74 Å². The van der Waals surface area contributed by atoms with Crippen LogP contribution in [0.25, 0.3) is 0 Å². The maximum absolute atomic E-state index is 13.5. The molecule has 1 aliphatic rings. The number of pyridine rings is 2. The Morgan fingerprint density at radius 1 is 1.21 bits per heavy atom. The van der Waals surface area contributed by atoms with Crippen LogP contribution in [0.15, 0.2) is 77.2 Å². The van der Waals surface area contributed by atoms with Crippen molar-refractivity contribution in [2.75, 3.05) is 0 Å². The normalized spacial score (nSPS) is 15.4. The minimum Gasteiger partial charge on any atom is -0.440 e. The van der Waals surface area contributed by atoms with E-state index in [9.17, 15) is 10.1 Å². The first-order chi connectivity index (χ1) is 14.1. The van der Waals surface area contributed by atoms with Gasteiger partial charge in [-0.05, 0) is 30.5 Å². The first kappa shape index (κ1) is 18.5. The van der Waals surface area contributed by atoms with Crippen LogP contribution in [0.2, 0.25) is 0 Å². The molecule has 29 heavy (non-hydrogen) atoms. The Bertz CT molecular complexity index is 1180. The van der Waals surface area contributed by atoms with Crippen LogP contribution in [0.5, 0.6) is 5.75 Å². The monoisotopic (exact) mass is 384 g/mol. The highest BCUT2D eigenvalue weighted by molar-refractivity contribution is 5.50. The Balaban J connectivity index is 1.84. The molecule has 144 valence electrons. The summed E-state index contributed by atoms with van der Waals surface area (Å²) < 4.78 is 7.37. The zero-order valence-electron chi connectivity index (χ0n) is 16.0. The number of aryl methyl sites for hydroxylation is 1. The van der Waals surface area contributed by atoms with Crippen LogP contribution in [0.3, 0.4) is 0 Å². The molecule has 1 aliphatic heterocycles. The molecule has 3 heterocycles. The van der Waals surface area contributed by atoms with Crippen molar-refractivity contribution in [1.29, 1.82) is 5.26 Å². The second kappa shape index (κ2) is 7.64. The molecule has 0 amide bonds. The zero-order chi connectivity index (χ0) is 20.4. The van der Waals surface area contributed by atoms with Crippen molar-refractivity contribution >= 4 is 0 Å². The number of hydrogen-bond donors (Lipinski definition) is 1. The highest BCUT2D eigenvalue weighted by Gasteiger charge is 2.33. The van der Waals surface area contributed by atoms with Gasteiger partial charge in [0.15, 0.2) is 0 Å². The van der Waals surface area contributed by atoms with E-state index in [2.05, 4.69) is 11.1 Å². The molecule has 0 radical (unpaired) electrons. The van der Waals surface area contributed by atoms with E-state index in [1.165, 1.54) is 0 Å². The average Bonchev–Trinajstić information content (AvgIpc) is 2.72. The molecule has 2 N–H and O–H groups in total. The van der Waals surface area contributed by atoms with Gasteiger partial charge in [-0.15, -0.1) is 0 Å². The van der Waals surface area contributed by atoms with Gasteiger partial charge in [-0.3, -0.25) is 9.78 Å². The van der Waals surface area contributed by atoms with Crippen molar-refractivity contribution in [2.45, 2.75) is 25.8 Å². The number of ether oxygens (including phenoxy) is 1. The summed E-state index contributed by atoms with van der Waals surface area (Å²) in [5.41, 5.74) is 9.30. The summed E-state index contributed by atoms with van der Waals surface area (Å²) in [5.74, 6) is 0.0245. The van der Waals surface area contributed by atoms with E-state index in [4.69, 9.17) is 10.5 Å². The fourth-order valence-electron chi connectivity index (χ4n) is 3.71. The number of nitrogens with zero attached hydrogens (tertiary/aromatic N) is 3. The number of nitriles is 1. The molecular weight excluding hydrogens is 364 g/mol. The summed E-state index contributed by atoms with van der Waals surface area (Å²) in [6, 6.07) is 17.5. The van der Waals surface area contributed by atoms with Gasteiger partial charge in [-0.1, -0.05) is 36.4 Å². The van der Waals surface area contributed by atoms with E-state index >= 15 is 0 Å². The molecule has 6 nitrogen and oxygen atoms in total. The molecule has 1 atom stereocenters. The quantitative estimate of drug-likeness (QED) is 0.746. The summed E-state index contributed by atoms with van der Waals surface area (Å²) in [7, 11) is 0. The fourth-order valence-corrected chi connectivity index (χ4v) is 3.71. The van der Waals surface area contributed by atoms with Crippen molar-refractivity contribution in [1.82, 2.24) is 9.55 Å². The number of aromatic nitrogens is 2. The SMILES string of the molecule is Cc1cc2c(c(=O)n1Cc1cccnc1)[C@H](Cc1ccccc1)C(C#N)=C(N)O2. The van der Waals surface area contributed by atoms with E-state index in [1.807, 2.05) is 55.5 Å². The highest BCUT2D eigenvalue weighted by Crippen LogP contribution is 2.38. The maximum atomic E-state index is 13.5. The molecule has 0 bridgehead atoms. The van der Waals surface area contributed by atoms with Crippen LogP contribution in [0.1, 0.15) is 28.3 Å². The molecule has 1 aromatic carbocycles. The Morgan fingerprint density at radius 3 is 2.66 bits per heavy atom. The molecule has 6 heteroatoms. The van der Waals surface area contributed by atoms with E-state index in [0.717, 1.165) is 16.8 Å². The first-order valence-electron chi connectivity index (χ1n) is 9.33. The van der Waals surface area contributed by atoms with Gasteiger partial charge >= 0.3 is 0 Å². The lowest BCUT2D eigenvalue weighted by molar-refractivity contribution is 0.382. The standard InChI is InChI=1S/C23H20N4O2/c1-15-10-20-21(23(28)27(15)14-17-8-5-9-26-13-17)18(19(12-24)22(25)29-20)11-16-6-3-2-4-7-16/h2-10,13,18H,11,14,25H2,1H3/t18-/m1/s1. The van der Waals surface area contributed by atoms with Crippen LogP contribution in [0.4, 0.5) is 0 Å². The number of benzene rings is 1. The molecule has 3 aromatic rings. The number of fused-ring (bicyclic) bond motifs is 1. The van der Waals surface area contributed by atoms with E-state index < -0.39 is 5.92 Å². The smallest absolute Gasteiger partial charge is 0.258 e. The zero-order valence-corrected chi connectivity index (χ0v) is 16.0. The maximum Gasteiger partial charge on any atom is 0.258 e. The summed E-state index contributed by atoms with van der Waals surface area (Å²) in [6.07, 6.45) is 3.93. The van der Waals surface area contributed by atoms with E-state index in [0.29, 0.717) is 24.3 Å². The van der Waals surface area contributed by atoms with Gasteiger partial charge in [0.2, 0.25) is 5.88 Å². The van der Waals surface area contributed by atoms with E-state index in [1.54, 1.807) is 17.0 Å². The molecule has 4 rings (SSSR count). The highest BCUT2D eigenvalue weighted by atomic mass is 16.5. The topological polar surface area (TPSA) is 93.9 Å². The Morgan fingerprint density at radius 2 is 1.97 bits per heavy atom. The van der Waals surface area contributed by atoms with Gasteiger partial charge in [0.05, 0.1) is 17.7 Å². The predicted molar refractivity (Wildman–Crippen MR) is 109 cm³/mol. The lowest BCUT2D eigenvalue weighted by Gasteiger charge is -2.27. The van der Waals surface area contributed by atoms with Crippen molar-refractivity contribution in [3.63, 3.8) is 0 Å². The third kappa shape index (κ3) is 3.50. The van der Waals surface area contributed by atoms with Gasteiger partial charge in [0.25, 0.3) is 5.56 Å². The van der Waals surface area contributed by atoms with Crippen LogP contribution in [-0.4, -0.2) is 9.55 Å². The first-order valence-corrected chi connectivity index (χ1v) is 9.33. The van der Waals surface area contributed by atoms with Crippen LogP contribution >= 0.6 is 0 Å². The molecule has 0 unspecified atom stereocenters. The summed E-state index contributed by atoms with van der Waals surface area (Å²) in [4.78, 5) is 17.6. The van der Waals surface area contributed by atoms with Gasteiger partial charge in [0.1, 0.15) is 11.8 Å². The number of rotatable bonds is 4. The number of allylic oxidation sites excluding steroid dienone is 1. The Kier molecular flexibility index (Phi) is 4.88. The predicted octanol–water partition coefficient (Wildman–Crippen LogP) is 3.01. The van der Waals surface area contributed by atoms with Crippen LogP contribution in [-0.2, 0) is 13.0 Å². The van der Waals surface area contributed by atoms with E-state index in [-0.39, 0.29) is 17.0 Å². The molecule has 2 aromatic heterocycles. The van der Waals surface area contributed by atoms with Crippen molar-refractivity contribution in [3.8, 4) is 11.8 Å². The third-order valence-electron chi connectivity index (χ3n) is 5.16. The summed E-state index contributed by atoms with van der Waals surface area (Å²) >= 11 is 0. The van der Waals surface area contributed by atoms with Crippen LogP contribution in [0, 0.1) is 18.3 Å². The molecule has 0 saturated carbocycles. The molecular formula is C23H20N4O2. The lowest BCUT2D eigenvalue weighted by atomic mass is 9.85. The van der Waals surface area contributed by atoms with Crippen molar-refractivity contribution in [3.05, 3.63) is 105 Å². The largest absolute Gasteiger partial charge is 0.440 e. The lowest BCUT2D eigenvalue weighted by Crippen LogP contribution is -2.33. The number of hydrogen-bond acceptors (Lipinski definition) is 5. The minimum atomic E-state index is -0.459. The fraction of sp³-hybridized carbons (Fsp3) is 0.174. The molecule has 0 spiro atoms. The molecule has 0 fully saturated rings. The summed E-state index contributed by atoms with van der Waals surface area (Å²) in [6.45, 7) is 2.25. The number of nitrogens with two attached hydrogens (primary N) is 1. The van der Waals surface area contributed by atoms with Crippen molar-refractivity contribution in [2.24, 2.45) is 5.73 Å². The second-order valence-electron chi connectivity index (χ2n) is 7.05. The van der Waals surface area contributed by atoms with Gasteiger partial charge in [0, 0.05) is 30.1 Å². The molecule has 0 aliphatic carbocycles. The summed E-state index contributed by atoms with van der Waals surface area (Å²) in [5, 5.41) is 9.70. The van der Waals surface area contributed by atoms with Crippen LogP contribution < -0.4 is 16.0 Å². The minimum absolute atomic E-state index is 0.0599. The third-order valence-corrected chi connectivity index (χ3v) is 5.16. The van der Waals surface area contributed by atoms with Gasteiger partial charge in [-0.25, -0.2) is 0 Å². The van der Waals surface area contributed by atoms with Gasteiger partial charge < -0.3 is 15.0 Å². The Hall–Kier alpha value is -3.85. The average molecular weight is 384 g/mol. The van der Waals surface area contributed by atoms with Gasteiger partial charge in [-0.2, -0.15) is 5.26 Å². The second-order valence-corrected chi connectivity index (χ2v) is 7.05. The Labute approximate surface area is 168 Å². The molecule has 0 saturated heterocycles.